The second-order valence-electron chi connectivity index (χ2n) is 8.42. The smallest absolute Gasteiger partial charge is 0.156 e. The summed E-state index contributed by atoms with van der Waals surface area (Å²) < 4.78 is 4.00. The number of nitrogens with one attached hydrogen (secondary N) is 1. The fraction of sp³-hybridized carbons (Fsp3) is 0.391. The van der Waals surface area contributed by atoms with Crippen molar-refractivity contribution in [2.45, 2.75) is 31.7 Å². The minimum absolute atomic E-state index is 0.545. The van der Waals surface area contributed by atoms with Crippen molar-refractivity contribution >= 4 is 16.7 Å². The summed E-state index contributed by atoms with van der Waals surface area (Å²) in [7, 11) is 0. The molecule has 0 unspecified atom stereocenters. The van der Waals surface area contributed by atoms with Crippen LogP contribution in [0.15, 0.2) is 49.1 Å². The molecule has 0 bridgehead atoms. The summed E-state index contributed by atoms with van der Waals surface area (Å²) in [6, 6.07) is 8.80. The monoisotopic (exact) mass is 414 g/mol. The Bertz CT molecular complexity index is 1200. The highest BCUT2D eigenvalue weighted by molar-refractivity contribution is 5.83. The molecule has 8 heteroatoms. The van der Waals surface area contributed by atoms with Gasteiger partial charge in [0.15, 0.2) is 5.82 Å². The molecule has 6 rings (SSSR count). The highest BCUT2D eigenvalue weighted by Crippen LogP contribution is 2.32. The van der Waals surface area contributed by atoms with Gasteiger partial charge in [-0.05, 0) is 50.4 Å². The third-order valence-corrected chi connectivity index (χ3v) is 6.40. The Labute approximate surface area is 180 Å². The number of hydrogen-bond donors (Lipinski definition) is 1. The van der Waals surface area contributed by atoms with Crippen molar-refractivity contribution in [3.05, 3.63) is 49.1 Å². The van der Waals surface area contributed by atoms with E-state index in [2.05, 4.69) is 54.5 Å². The van der Waals surface area contributed by atoms with Crippen molar-refractivity contribution in [3.8, 4) is 17.1 Å². The van der Waals surface area contributed by atoms with Crippen LogP contribution in [0.2, 0.25) is 0 Å². The number of fused-ring (bicyclic) bond motifs is 1. The molecule has 0 radical (unpaired) electrons. The van der Waals surface area contributed by atoms with Crippen LogP contribution >= 0.6 is 0 Å². The molecule has 1 aliphatic heterocycles. The van der Waals surface area contributed by atoms with E-state index in [0.717, 1.165) is 66.4 Å². The lowest BCUT2D eigenvalue weighted by molar-refractivity contribution is 0.289. The second-order valence-corrected chi connectivity index (χ2v) is 8.42. The molecule has 1 saturated carbocycles. The van der Waals surface area contributed by atoms with E-state index in [9.17, 15) is 0 Å². The van der Waals surface area contributed by atoms with Gasteiger partial charge in [0.05, 0.1) is 29.6 Å². The normalized spacial score (nSPS) is 17.6. The molecule has 1 N–H and O–H groups in total. The molecule has 8 nitrogen and oxygen atoms in total. The summed E-state index contributed by atoms with van der Waals surface area (Å²) in [6.07, 6.45) is 12.6. The van der Waals surface area contributed by atoms with Crippen molar-refractivity contribution < 1.29 is 0 Å². The summed E-state index contributed by atoms with van der Waals surface area (Å²) in [5.41, 5.74) is 2.96. The zero-order valence-electron chi connectivity index (χ0n) is 17.5. The van der Waals surface area contributed by atoms with Gasteiger partial charge in [0.1, 0.15) is 5.82 Å². The highest BCUT2D eigenvalue weighted by atomic mass is 15.3. The molecular formula is C23H26N8. The lowest BCUT2D eigenvalue weighted by Gasteiger charge is -2.25. The largest absolute Gasteiger partial charge is 0.355 e. The van der Waals surface area contributed by atoms with Crippen molar-refractivity contribution in [1.82, 2.24) is 34.8 Å². The van der Waals surface area contributed by atoms with Gasteiger partial charge in [0, 0.05) is 43.0 Å². The Balaban J connectivity index is 1.35. The van der Waals surface area contributed by atoms with Crippen LogP contribution in [0, 0.1) is 0 Å². The highest BCUT2D eigenvalue weighted by Gasteiger charge is 2.20. The molecule has 5 heterocycles. The fourth-order valence-corrected chi connectivity index (χ4v) is 4.36. The Kier molecular flexibility index (Phi) is 4.64. The molecule has 1 saturated heterocycles. The third-order valence-electron chi connectivity index (χ3n) is 6.40. The molecule has 2 aliphatic rings. The zero-order valence-corrected chi connectivity index (χ0v) is 17.5. The van der Waals surface area contributed by atoms with E-state index < -0.39 is 0 Å². The molecule has 2 fully saturated rings. The summed E-state index contributed by atoms with van der Waals surface area (Å²) >= 11 is 0. The maximum Gasteiger partial charge on any atom is 0.156 e. The SMILES string of the molecule is c1cc(N2CCCNCC2)nc(-n2ncc3cnc(-c4cnn(C5CCC5)c4)cc32)c1. The van der Waals surface area contributed by atoms with Crippen molar-refractivity contribution in [2.75, 3.05) is 31.1 Å². The molecular weight excluding hydrogens is 388 g/mol. The average molecular weight is 415 g/mol. The van der Waals surface area contributed by atoms with Crippen molar-refractivity contribution in [2.24, 2.45) is 0 Å². The standard InChI is InChI=1S/C23H26N8/c1-4-19(5-1)30-16-18(15-26-30)20-12-21-17(13-25-20)14-27-31(21)23-7-2-6-22(28-23)29-10-3-8-24-9-11-29/h2,6-7,12-16,19,24H,1,3-5,8-11H2. The lowest BCUT2D eigenvalue weighted by Crippen LogP contribution is -2.28. The Morgan fingerprint density at radius 3 is 2.77 bits per heavy atom. The van der Waals surface area contributed by atoms with Crippen LogP contribution < -0.4 is 10.2 Å². The van der Waals surface area contributed by atoms with Gasteiger partial charge < -0.3 is 10.2 Å². The van der Waals surface area contributed by atoms with Gasteiger partial charge in [-0.25, -0.2) is 9.67 Å². The van der Waals surface area contributed by atoms with Gasteiger partial charge in [-0.1, -0.05) is 6.07 Å². The molecule has 0 atom stereocenters. The van der Waals surface area contributed by atoms with E-state index in [1.54, 1.807) is 0 Å². The molecule has 158 valence electrons. The molecule has 0 aromatic carbocycles. The first-order valence-corrected chi connectivity index (χ1v) is 11.2. The van der Waals surface area contributed by atoms with Gasteiger partial charge in [-0.3, -0.25) is 9.67 Å². The van der Waals surface area contributed by atoms with Crippen LogP contribution in [0.1, 0.15) is 31.7 Å². The maximum absolute atomic E-state index is 4.94. The first kappa shape index (κ1) is 18.5. The van der Waals surface area contributed by atoms with Crippen LogP contribution in [0.4, 0.5) is 5.82 Å². The minimum Gasteiger partial charge on any atom is -0.355 e. The number of pyridine rings is 2. The quantitative estimate of drug-likeness (QED) is 0.553. The number of aromatic nitrogens is 6. The van der Waals surface area contributed by atoms with Gasteiger partial charge in [0.2, 0.25) is 0 Å². The second kappa shape index (κ2) is 7.77. The molecule has 1 aliphatic carbocycles. The predicted octanol–water partition coefficient (Wildman–Crippen LogP) is 3.20. The predicted molar refractivity (Wildman–Crippen MR) is 120 cm³/mol. The summed E-state index contributed by atoms with van der Waals surface area (Å²) in [4.78, 5) is 11.9. The number of nitrogens with zero attached hydrogens (tertiary/aromatic N) is 7. The minimum atomic E-state index is 0.545. The van der Waals surface area contributed by atoms with E-state index in [-0.39, 0.29) is 0 Å². The lowest BCUT2D eigenvalue weighted by atomic mass is 9.93. The van der Waals surface area contributed by atoms with Crippen LogP contribution in [-0.2, 0) is 0 Å². The van der Waals surface area contributed by atoms with Crippen LogP contribution in [-0.4, -0.2) is 55.7 Å². The van der Waals surface area contributed by atoms with Gasteiger partial charge in [-0.2, -0.15) is 10.2 Å². The fourth-order valence-electron chi connectivity index (χ4n) is 4.36. The van der Waals surface area contributed by atoms with E-state index >= 15 is 0 Å². The number of anilines is 1. The Hall–Kier alpha value is -3.26. The van der Waals surface area contributed by atoms with E-state index in [0.29, 0.717) is 6.04 Å². The van der Waals surface area contributed by atoms with Crippen LogP contribution in [0.5, 0.6) is 0 Å². The molecule has 0 spiro atoms. The van der Waals surface area contributed by atoms with Crippen LogP contribution in [0.25, 0.3) is 28.0 Å². The summed E-state index contributed by atoms with van der Waals surface area (Å²) in [5.74, 6) is 1.83. The number of hydrogen-bond acceptors (Lipinski definition) is 6. The molecule has 4 aromatic rings. The van der Waals surface area contributed by atoms with Gasteiger partial charge in [0.25, 0.3) is 0 Å². The first-order valence-electron chi connectivity index (χ1n) is 11.2. The molecule has 31 heavy (non-hydrogen) atoms. The zero-order chi connectivity index (χ0) is 20.6. The molecule has 0 amide bonds. The van der Waals surface area contributed by atoms with Crippen molar-refractivity contribution in [3.63, 3.8) is 0 Å². The maximum atomic E-state index is 4.94. The van der Waals surface area contributed by atoms with E-state index in [1.165, 1.54) is 19.3 Å². The Morgan fingerprint density at radius 2 is 1.87 bits per heavy atom. The average Bonchev–Trinajstić information content (AvgIpc) is 3.31. The van der Waals surface area contributed by atoms with E-state index in [1.807, 2.05) is 29.3 Å². The molecule has 4 aromatic heterocycles. The third kappa shape index (κ3) is 3.46. The van der Waals surface area contributed by atoms with Gasteiger partial charge >= 0.3 is 0 Å². The first-order chi connectivity index (χ1) is 15.3. The van der Waals surface area contributed by atoms with Gasteiger partial charge in [-0.15, -0.1) is 0 Å². The van der Waals surface area contributed by atoms with Crippen LogP contribution in [0.3, 0.4) is 0 Å². The topological polar surface area (TPSA) is 76.7 Å². The van der Waals surface area contributed by atoms with E-state index in [4.69, 9.17) is 4.98 Å². The Morgan fingerprint density at radius 1 is 0.935 bits per heavy atom. The summed E-state index contributed by atoms with van der Waals surface area (Å²) in [5, 5.41) is 13.6. The number of rotatable bonds is 4. The summed E-state index contributed by atoms with van der Waals surface area (Å²) in [6.45, 7) is 4.03. The van der Waals surface area contributed by atoms with Crippen molar-refractivity contribution in [1.29, 1.82) is 0 Å².